The molecule has 1 aromatic rings. The quantitative estimate of drug-likeness (QED) is 0.645. The summed E-state index contributed by atoms with van der Waals surface area (Å²) in [6.45, 7) is 0. The molecule has 0 aliphatic carbocycles. The number of hydrogen-bond acceptors (Lipinski definition) is 4. The Kier molecular flexibility index (Phi) is 3.45. The van der Waals surface area contributed by atoms with Gasteiger partial charge in [-0.3, -0.25) is 10.1 Å². The largest absolute Gasteiger partial charge is 0.478 e. The molecule has 0 aliphatic heterocycles. The third-order valence-corrected chi connectivity index (χ3v) is 2.11. The zero-order chi connectivity index (χ0) is 15.0. The Morgan fingerprint density at radius 2 is 1.68 bits per heavy atom. The zero-order valence-electron chi connectivity index (χ0n) is 8.76. The molecule has 19 heavy (non-hydrogen) atoms. The van der Waals surface area contributed by atoms with Crippen LogP contribution in [0.15, 0.2) is 12.1 Å². The van der Waals surface area contributed by atoms with Crippen LogP contribution in [0.3, 0.4) is 0 Å². The van der Waals surface area contributed by atoms with Gasteiger partial charge in [0, 0.05) is 0 Å². The summed E-state index contributed by atoms with van der Waals surface area (Å²) in [7, 11) is 0. The van der Waals surface area contributed by atoms with Gasteiger partial charge in [-0.05, 0) is 12.1 Å². The van der Waals surface area contributed by atoms with Crippen LogP contribution in [0, 0.1) is 10.1 Å². The smallest absolute Gasteiger partial charge is 0.423 e. The summed E-state index contributed by atoms with van der Waals surface area (Å²) in [6, 6.07) is 0.523. The van der Waals surface area contributed by atoms with Gasteiger partial charge in [-0.1, -0.05) is 0 Å². The maximum atomic E-state index is 12.5. The first-order chi connectivity index (χ1) is 8.57. The maximum absolute atomic E-state index is 12.5. The molecule has 0 saturated heterocycles. The summed E-state index contributed by atoms with van der Waals surface area (Å²) in [4.78, 5) is 30.5. The SMILES string of the molecule is O=C(O)c1ccc(C(F)(F)F)c([N+](=O)[O-])c1C(=O)O. The molecular formula is C9H4F3NO6. The van der Waals surface area contributed by atoms with Crippen LogP contribution in [0.25, 0.3) is 0 Å². The molecule has 0 unspecified atom stereocenters. The Morgan fingerprint density at radius 3 is 2.00 bits per heavy atom. The first-order valence-corrected chi connectivity index (χ1v) is 4.42. The minimum absolute atomic E-state index is 0.161. The molecule has 0 saturated carbocycles. The van der Waals surface area contributed by atoms with Crippen molar-refractivity contribution in [3.63, 3.8) is 0 Å². The number of nitro groups is 1. The topological polar surface area (TPSA) is 118 Å². The van der Waals surface area contributed by atoms with Gasteiger partial charge in [0.25, 0.3) is 5.69 Å². The van der Waals surface area contributed by atoms with E-state index in [1.54, 1.807) is 0 Å². The van der Waals surface area contributed by atoms with Crippen LogP contribution in [-0.4, -0.2) is 27.1 Å². The molecule has 1 aromatic carbocycles. The average molecular weight is 279 g/mol. The summed E-state index contributed by atoms with van der Waals surface area (Å²) in [5, 5.41) is 28.0. The molecule has 7 nitrogen and oxygen atoms in total. The molecule has 0 fully saturated rings. The molecule has 0 spiro atoms. The van der Waals surface area contributed by atoms with E-state index >= 15 is 0 Å². The molecular weight excluding hydrogens is 275 g/mol. The number of nitro benzene ring substituents is 1. The molecule has 0 amide bonds. The fourth-order valence-corrected chi connectivity index (χ4v) is 1.40. The Labute approximate surface area is 102 Å². The maximum Gasteiger partial charge on any atom is 0.423 e. The lowest BCUT2D eigenvalue weighted by molar-refractivity contribution is -0.388. The van der Waals surface area contributed by atoms with E-state index in [1.165, 1.54) is 0 Å². The van der Waals surface area contributed by atoms with Crippen molar-refractivity contribution in [2.24, 2.45) is 0 Å². The molecule has 2 N–H and O–H groups in total. The van der Waals surface area contributed by atoms with E-state index in [0.717, 1.165) is 0 Å². The standard InChI is InChI=1S/C9H4F3NO6/c10-9(11,12)4-2-1-3(7(14)15)5(8(16)17)6(4)13(18)19/h1-2H,(H,14,15)(H,16,17). The van der Waals surface area contributed by atoms with Crippen molar-refractivity contribution < 1.29 is 37.9 Å². The molecule has 0 atom stereocenters. The molecule has 0 aliphatic rings. The summed E-state index contributed by atoms with van der Waals surface area (Å²) in [6.07, 6.45) is -5.18. The van der Waals surface area contributed by atoms with Crippen LogP contribution in [0.1, 0.15) is 26.3 Å². The lowest BCUT2D eigenvalue weighted by atomic mass is 10.0. The summed E-state index contributed by atoms with van der Waals surface area (Å²) < 4.78 is 37.6. The van der Waals surface area contributed by atoms with E-state index in [0.29, 0.717) is 6.07 Å². The minimum Gasteiger partial charge on any atom is -0.478 e. The van der Waals surface area contributed by atoms with Gasteiger partial charge in [0.2, 0.25) is 0 Å². The van der Waals surface area contributed by atoms with Crippen LogP contribution in [-0.2, 0) is 6.18 Å². The van der Waals surface area contributed by atoms with Gasteiger partial charge in [0.15, 0.2) is 5.56 Å². The van der Waals surface area contributed by atoms with Gasteiger partial charge in [0.05, 0.1) is 10.5 Å². The third-order valence-electron chi connectivity index (χ3n) is 2.11. The minimum atomic E-state index is -5.18. The van der Waals surface area contributed by atoms with Gasteiger partial charge in [0.1, 0.15) is 5.56 Å². The second-order valence-electron chi connectivity index (χ2n) is 3.25. The first kappa shape index (κ1) is 14.4. The fraction of sp³-hybridized carbons (Fsp3) is 0.111. The van der Waals surface area contributed by atoms with Gasteiger partial charge in [-0.15, -0.1) is 0 Å². The number of benzene rings is 1. The molecule has 102 valence electrons. The normalized spacial score (nSPS) is 11.1. The van der Waals surface area contributed by atoms with Gasteiger partial charge in [-0.2, -0.15) is 13.2 Å². The highest BCUT2D eigenvalue weighted by molar-refractivity contribution is 6.05. The number of rotatable bonds is 3. The van der Waals surface area contributed by atoms with Crippen molar-refractivity contribution in [3.05, 3.63) is 38.9 Å². The van der Waals surface area contributed by atoms with E-state index in [-0.39, 0.29) is 6.07 Å². The van der Waals surface area contributed by atoms with Crippen LogP contribution in [0.2, 0.25) is 0 Å². The molecule has 0 aromatic heterocycles. The monoisotopic (exact) mass is 279 g/mol. The summed E-state index contributed by atoms with van der Waals surface area (Å²) >= 11 is 0. The number of halogens is 3. The fourth-order valence-electron chi connectivity index (χ4n) is 1.40. The van der Waals surface area contributed by atoms with Crippen LogP contribution < -0.4 is 0 Å². The highest BCUT2D eigenvalue weighted by Gasteiger charge is 2.42. The Hall–Kier alpha value is -2.65. The van der Waals surface area contributed by atoms with Gasteiger partial charge < -0.3 is 10.2 Å². The number of carboxylic acid groups (broad SMARTS) is 2. The number of aromatic carboxylic acids is 2. The van der Waals surface area contributed by atoms with E-state index in [2.05, 4.69) is 0 Å². The molecule has 10 heteroatoms. The van der Waals surface area contributed by atoms with Gasteiger partial charge in [-0.25, -0.2) is 9.59 Å². The van der Waals surface area contributed by atoms with Crippen molar-refractivity contribution in [2.75, 3.05) is 0 Å². The number of hydrogen-bond donors (Lipinski definition) is 2. The average Bonchev–Trinajstić information content (AvgIpc) is 2.25. The van der Waals surface area contributed by atoms with Crippen molar-refractivity contribution in [1.82, 2.24) is 0 Å². The molecule has 0 heterocycles. The predicted octanol–water partition coefficient (Wildman–Crippen LogP) is 2.01. The highest BCUT2D eigenvalue weighted by Crippen LogP contribution is 2.39. The first-order valence-electron chi connectivity index (χ1n) is 4.42. The van der Waals surface area contributed by atoms with Gasteiger partial charge >= 0.3 is 18.1 Å². The molecule has 0 bridgehead atoms. The third kappa shape index (κ3) is 2.61. The highest BCUT2D eigenvalue weighted by atomic mass is 19.4. The second kappa shape index (κ2) is 4.55. The summed E-state index contributed by atoms with van der Waals surface area (Å²) in [5.41, 5.74) is -6.21. The van der Waals surface area contributed by atoms with Crippen molar-refractivity contribution in [3.8, 4) is 0 Å². The van der Waals surface area contributed by atoms with Crippen LogP contribution in [0.5, 0.6) is 0 Å². The van der Waals surface area contributed by atoms with E-state index in [4.69, 9.17) is 10.2 Å². The predicted molar refractivity (Wildman–Crippen MR) is 52.0 cm³/mol. The number of nitrogens with zero attached hydrogens (tertiary/aromatic N) is 1. The van der Waals surface area contributed by atoms with Crippen molar-refractivity contribution >= 4 is 17.6 Å². The number of carbonyl (C=O) groups is 2. The number of carboxylic acids is 2. The van der Waals surface area contributed by atoms with Crippen molar-refractivity contribution in [2.45, 2.75) is 6.18 Å². The van der Waals surface area contributed by atoms with E-state index in [9.17, 15) is 32.9 Å². The van der Waals surface area contributed by atoms with E-state index < -0.39 is 45.4 Å². The lowest BCUT2D eigenvalue weighted by Crippen LogP contribution is -2.17. The Bertz CT molecular complexity index is 580. The van der Waals surface area contributed by atoms with Crippen LogP contribution in [0.4, 0.5) is 18.9 Å². The lowest BCUT2D eigenvalue weighted by Gasteiger charge is -2.10. The second-order valence-corrected chi connectivity index (χ2v) is 3.25. The van der Waals surface area contributed by atoms with Crippen molar-refractivity contribution in [1.29, 1.82) is 0 Å². The zero-order valence-corrected chi connectivity index (χ0v) is 8.76. The summed E-state index contributed by atoms with van der Waals surface area (Å²) in [5.74, 6) is -4.01. The Balaban J connectivity index is 3.85. The molecule has 0 radical (unpaired) electrons. The Morgan fingerprint density at radius 1 is 1.16 bits per heavy atom. The van der Waals surface area contributed by atoms with Crippen LogP contribution >= 0.6 is 0 Å². The molecule has 1 rings (SSSR count). The van der Waals surface area contributed by atoms with E-state index in [1.807, 2.05) is 0 Å². The number of alkyl halides is 3.